The fourth-order valence-corrected chi connectivity index (χ4v) is 4.11. The summed E-state index contributed by atoms with van der Waals surface area (Å²) in [7, 11) is 2.59. The summed E-state index contributed by atoms with van der Waals surface area (Å²) in [4.78, 5) is 55.2. The molecule has 2 aromatic carbocycles. The molecule has 2 N–H and O–H groups in total. The lowest BCUT2D eigenvalue weighted by molar-refractivity contribution is 0.0476. The number of aromatic nitrogens is 3. The number of carbonyl (C=O) groups excluding carboxylic acids is 2. The minimum atomic E-state index is -0.848. The molecule has 0 fully saturated rings. The molecule has 1 unspecified atom stereocenters. The van der Waals surface area contributed by atoms with E-state index in [0.717, 1.165) is 21.1 Å². The maximum atomic E-state index is 13.1. The lowest BCUT2D eigenvalue weighted by Crippen LogP contribution is -2.42. The zero-order valence-electron chi connectivity index (χ0n) is 21.1. The molecule has 0 bridgehead atoms. The van der Waals surface area contributed by atoms with E-state index in [-0.39, 0.29) is 11.4 Å². The summed E-state index contributed by atoms with van der Waals surface area (Å²) < 4.78 is 7.09. The molecule has 9 heteroatoms. The van der Waals surface area contributed by atoms with E-state index >= 15 is 0 Å². The third-order valence-electron chi connectivity index (χ3n) is 6.65. The van der Waals surface area contributed by atoms with Crippen LogP contribution in [0.3, 0.4) is 0 Å². The van der Waals surface area contributed by atoms with E-state index in [1.807, 2.05) is 18.2 Å². The van der Waals surface area contributed by atoms with Crippen molar-refractivity contribution in [3.8, 4) is 11.3 Å². The second-order valence-corrected chi connectivity index (χ2v) is 8.97. The number of anilines is 1. The second-order valence-electron chi connectivity index (χ2n) is 8.97. The fraction of sp³-hybridized carbons (Fsp3) is 0.250. The summed E-state index contributed by atoms with van der Waals surface area (Å²) >= 11 is 0. The number of esters is 1. The fourth-order valence-electron chi connectivity index (χ4n) is 4.11. The number of ketones is 1. The summed E-state index contributed by atoms with van der Waals surface area (Å²) in [5.74, 6) is -1.41. The molecule has 190 valence electrons. The van der Waals surface area contributed by atoms with Crippen molar-refractivity contribution < 1.29 is 14.3 Å². The number of hydrogen-bond acceptors (Lipinski definition) is 7. The Morgan fingerprint density at radius 1 is 1.03 bits per heavy atom. The van der Waals surface area contributed by atoms with Gasteiger partial charge in [-0.25, -0.2) is 14.6 Å². The second kappa shape index (κ2) is 10.2. The molecule has 37 heavy (non-hydrogen) atoms. The summed E-state index contributed by atoms with van der Waals surface area (Å²) in [5.41, 5.74) is 7.41. The third-order valence-corrected chi connectivity index (χ3v) is 6.65. The van der Waals surface area contributed by atoms with Gasteiger partial charge in [0.05, 0.1) is 16.8 Å². The number of ether oxygens (including phenoxy) is 1. The molecule has 0 aliphatic rings. The van der Waals surface area contributed by atoms with E-state index in [9.17, 15) is 19.2 Å². The lowest BCUT2D eigenvalue weighted by atomic mass is 9.96. The van der Waals surface area contributed by atoms with E-state index in [1.165, 1.54) is 19.7 Å². The highest BCUT2D eigenvalue weighted by Crippen LogP contribution is 2.27. The SMILES string of the molecule is CCC(C)c1ccc(-c2cc(C(=O)OCC(=O)c3c(N)n(C)c(=O)n(C)c3=O)c3ccccc3n2)cc1. The predicted octanol–water partition coefficient (Wildman–Crippen LogP) is 3.43. The van der Waals surface area contributed by atoms with Crippen molar-refractivity contribution in [3.63, 3.8) is 0 Å². The first-order chi connectivity index (χ1) is 17.6. The van der Waals surface area contributed by atoms with E-state index in [1.54, 1.807) is 24.3 Å². The summed E-state index contributed by atoms with van der Waals surface area (Å²) in [5, 5.41) is 0.567. The molecule has 0 spiro atoms. The molecule has 0 saturated carbocycles. The summed E-state index contributed by atoms with van der Waals surface area (Å²) in [6.45, 7) is 3.58. The number of Topliss-reactive ketones (excluding diaryl/α,β-unsaturated/α-hetero) is 1. The van der Waals surface area contributed by atoms with Crippen molar-refractivity contribution >= 4 is 28.5 Å². The molecular formula is C28H28N4O5. The highest BCUT2D eigenvalue weighted by atomic mass is 16.5. The number of hydrogen-bond donors (Lipinski definition) is 1. The molecule has 0 radical (unpaired) electrons. The molecule has 0 saturated heterocycles. The minimum absolute atomic E-state index is 0.237. The topological polar surface area (TPSA) is 126 Å². The standard InChI is InChI=1S/C28H28N4O5/c1-5-16(2)17-10-12-18(13-11-17)22-14-20(19-8-6-7-9-21(19)30-22)27(35)37-15-23(33)24-25(29)31(3)28(36)32(4)26(24)34/h6-14,16H,5,15,29H2,1-4H3. The van der Waals surface area contributed by atoms with Crippen molar-refractivity contribution in [1.82, 2.24) is 14.1 Å². The number of carbonyl (C=O) groups is 2. The van der Waals surface area contributed by atoms with Crippen LogP contribution in [0, 0.1) is 0 Å². The van der Waals surface area contributed by atoms with Crippen LogP contribution in [0.1, 0.15) is 52.5 Å². The Morgan fingerprint density at radius 2 is 1.70 bits per heavy atom. The predicted molar refractivity (Wildman–Crippen MR) is 142 cm³/mol. The number of benzene rings is 2. The van der Waals surface area contributed by atoms with Gasteiger partial charge in [0.25, 0.3) is 5.56 Å². The van der Waals surface area contributed by atoms with Crippen molar-refractivity contribution in [1.29, 1.82) is 0 Å². The molecule has 4 rings (SSSR count). The van der Waals surface area contributed by atoms with Crippen LogP contribution in [0.5, 0.6) is 0 Å². The van der Waals surface area contributed by atoms with Gasteiger partial charge in [-0.2, -0.15) is 0 Å². The Bertz CT molecular complexity index is 1630. The third kappa shape index (κ3) is 4.80. The zero-order valence-corrected chi connectivity index (χ0v) is 21.1. The van der Waals surface area contributed by atoms with Crippen molar-refractivity contribution in [2.45, 2.75) is 26.2 Å². The highest BCUT2D eigenvalue weighted by Gasteiger charge is 2.23. The van der Waals surface area contributed by atoms with Gasteiger partial charge in [0, 0.05) is 25.0 Å². The Balaban J connectivity index is 1.66. The first kappa shape index (κ1) is 25.6. The molecule has 9 nitrogen and oxygen atoms in total. The number of pyridine rings is 1. The van der Waals surface area contributed by atoms with Gasteiger partial charge in [-0.1, -0.05) is 56.3 Å². The lowest BCUT2D eigenvalue weighted by Gasteiger charge is -2.13. The molecular weight excluding hydrogens is 472 g/mol. The number of para-hydroxylation sites is 1. The van der Waals surface area contributed by atoms with Crippen molar-refractivity contribution in [2.75, 3.05) is 12.3 Å². The van der Waals surface area contributed by atoms with Gasteiger partial charge < -0.3 is 10.5 Å². The number of rotatable bonds is 7. The first-order valence-electron chi connectivity index (χ1n) is 11.9. The number of fused-ring (bicyclic) bond motifs is 1. The molecule has 0 aliphatic heterocycles. The van der Waals surface area contributed by atoms with E-state index < -0.39 is 35.2 Å². The molecule has 1 atom stereocenters. The van der Waals surface area contributed by atoms with Crippen LogP contribution >= 0.6 is 0 Å². The average molecular weight is 501 g/mol. The maximum Gasteiger partial charge on any atom is 0.339 e. The van der Waals surface area contributed by atoms with Crippen LogP contribution in [0.25, 0.3) is 22.2 Å². The number of nitrogens with two attached hydrogens (primary N) is 1. The number of nitrogen functional groups attached to an aromatic ring is 1. The number of nitrogens with zero attached hydrogens (tertiary/aromatic N) is 3. The maximum absolute atomic E-state index is 13.1. The van der Waals surface area contributed by atoms with Gasteiger partial charge in [-0.15, -0.1) is 0 Å². The highest BCUT2D eigenvalue weighted by molar-refractivity contribution is 6.06. The quantitative estimate of drug-likeness (QED) is 0.304. The smallest absolute Gasteiger partial charge is 0.339 e. The first-order valence-corrected chi connectivity index (χ1v) is 11.9. The van der Waals surface area contributed by atoms with Crippen LogP contribution in [0.15, 0.2) is 64.2 Å². The van der Waals surface area contributed by atoms with Gasteiger partial charge >= 0.3 is 11.7 Å². The minimum Gasteiger partial charge on any atom is -0.454 e. The van der Waals surface area contributed by atoms with Crippen molar-refractivity contribution in [3.05, 3.63) is 92.1 Å². The summed E-state index contributed by atoms with van der Waals surface area (Å²) in [6.07, 6.45) is 1.03. The monoisotopic (exact) mass is 500 g/mol. The normalized spacial score (nSPS) is 11.9. The van der Waals surface area contributed by atoms with Gasteiger partial charge in [0.2, 0.25) is 5.78 Å². The van der Waals surface area contributed by atoms with Crippen molar-refractivity contribution in [2.24, 2.45) is 14.1 Å². The van der Waals surface area contributed by atoms with Crippen LogP contribution < -0.4 is 17.0 Å². The van der Waals surface area contributed by atoms with Gasteiger partial charge in [-0.05, 0) is 30.0 Å². The van der Waals surface area contributed by atoms with Gasteiger partial charge in [0.15, 0.2) is 6.61 Å². The molecule has 2 heterocycles. The average Bonchev–Trinajstić information content (AvgIpc) is 2.92. The largest absolute Gasteiger partial charge is 0.454 e. The van der Waals surface area contributed by atoms with E-state index in [2.05, 4.69) is 26.0 Å². The summed E-state index contributed by atoms with van der Waals surface area (Å²) in [6, 6.07) is 16.8. The molecule has 0 aliphatic carbocycles. The van der Waals surface area contributed by atoms with E-state index in [4.69, 9.17) is 15.5 Å². The Morgan fingerprint density at radius 3 is 2.38 bits per heavy atom. The zero-order chi connectivity index (χ0) is 26.9. The molecule has 4 aromatic rings. The Labute approximate surface area is 213 Å². The Kier molecular flexibility index (Phi) is 7.06. The van der Waals surface area contributed by atoms with Gasteiger partial charge in [0.1, 0.15) is 11.4 Å². The molecule has 0 amide bonds. The van der Waals surface area contributed by atoms with Gasteiger partial charge in [-0.3, -0.25) is 18.7 Å². The molecule has 2 aromatic heterocycles. The van der Waals surface area contributed by atoms with Crippen LogP contribution in [0.2, 0.25) is 0 Å². The van der Waals surface area contributed by atoms with Crippen LogP contribution in [-0.4, -0.2) is 32.5 Å². The van der Waals surface area contributed by atoms with E-state index in [0.29, 0.717) is 22.5 Å². The Hall–Kier alpha value is -4.53. The van der Waals surface area contributed by atoms with Crippen LogP contribution in [0.4, 0.5) is 5.82 Å². The van der Waals surface area contributed by atoms with Crippen LogP contribution in [-0.2, 0) is 18.8 Å².